The molecule has 0 amide bonds. The second kappa shape index (κ2) is 4.81. The Labute approximate surface area is 106 Å². The molecule has 2 atom stereocenters. The maximum atomic E-state index is 12.1. The molecule has 0 N–H and O–H groups in total. The van der Waals surface area contributed by atoms with Crippen molar-refractivity contribution in [2.75, 3.05) is 5.75 Å². The van der Waals surface area contributed by atoms with Crippen LogP contribution in [0.4, 0.5) is 0 Å². The second-order valence-electron chi connectivity index (χ2n) is 5.51. The van der Waals surface area contributed by atoms with Crippen molar-refractivity contribution < 1.29 is 8.95 Å². The highest BCUT2D eigenvalue weighted by atomic mass is 32.2. The minimum absolute atomic E-state index is 0.102. The van der Waals surface area contributed by atoms with E-state index in [-0.39, 0.29) is 10.9 Å². The van der Waals surface area contributed by atoms with Gasteiger partial charge in [0.05, 0.1) is 5.75 Å². The lowest BCUT2D eigenvalue weighted by Crippen LogP contribution is -2.34. The minimum Gasteiger partial charge on any atom is -0.489 e. The van der Waals surface area contributed by atoms with Crippen LogP contribution in [0.25, 0.3) is 0 Å². The van der Waals surface area contributed by atoms with Gasteiger partial charge in [0, 0.05) is 15.5 Å². The predicted octanol–water partition coefficient (Wildman–Crippen LogP) is 2.93. The quantitative estimate of drug-likeness (QED) is 0.809. The summed E-state index contributed by atoms with van der Waals surface area (Å²) in [6, 6.07) is 8.13. The van der Waals surface area contributed by atoms with E-state index in [4.69, 9.17) is 4.74 Å². The van der Waals surface area contributed by atoms with E-state index in [1.54, 1.807) is 0 Å². The molecule has 0 radical (unpaired) electrons. The molecule has 2 nitrogen and oxygen atoms in total. The standard InChI is InChI=1S/C14H20O2S/c1-14(2,3)17(15)10-12-9-8-11-6-4-5-7-13(11)16-12/h4-7,12H,8-10H2,1-3H3/t12-,17-/m1/s1. The van der Waals surface area contributed by atoms with Crippen LogP contribution < -0.4 is 4.74 Å². The molecule has 0 saturated heterocycles. The van der Waals surface area contributed by atoms with Crippen LogP contribution in [0.1, 0.15) is 32.8 Å². The summed E-state index contributed by atoms with van der Waals surface area (Å²) in [4.78, 5) is 0. The second-order valence-corrected chi connectivity index (χ2v) is 7.76. The molecule has 0 unspecified atom stereocenters. The van der Waals surface area contributed by atoms with E-state index in [1.165, 1.54) is 5.56 Å². The van der Waals surface area contributed by atoms with E-state index in [1.807, 2.05) is 39.0 Å². The molecule has 1 aliphatic rings. The van der Waals surface area contributed by atoms with Crippen LogP contribution in [0.5, 0.6) is 5.75 Å². The highest BCUT2D eigenvalue weighted by Crippen LogP contribution is 2.28. The van der Waals surface area contributed by atoms with Gasteiger partial charge in [-0.25, -0.2) is 0 Å². The average Bonchev–Trinajstić information content (AvgIpc) is 2.27. The van der Waals surface area contributed by atoms with Gasteiger partial charge < -0.3 is 4.74 Å². The first-order valence-corrected chi connectivity index (χ1v) is 7.42. The number of hydrogen-bond donors (Lipinski definition) is 0. The van der Waals surface area contributed by atoms with Gasteiger partial charge in [-0.05, 0) is 45.2 Å². The molecule has 1 aromatic rings. The Balaban J connectivity index is 2.01. The molecule has 1 aliphatic heterocycles. The third kappa shape index (κ3) is 3.09. The molecule has 0 aromatic heterocycles. The SMILES string of the molecule is CC(C)(C)[S@](=O)C[C@H]1CCc2ccccc2O1. The van der Waals surface area contributed by atoms with Crippen molar-refractivity contribution in [2.45, 2.75) is 44.5 Å². The predicted molar refractivity (Wildman–Crippen MR) is 71.9 cm³/mol. The Hall–Kier alpha value is -0.830. The van der Waals surface area contributed by atoms with E-state index in [2.05, 4.69) is 6.07 Å². The number of aryl methyl sites for hydroxylation is 1. The first kappa shape index (κ1) is 12.6. The number of para-hydroxylation sites is 1. The Kier molecular flexibility index (Phi) is 3.57. The highest BCUT2D eigenvalue weighted by Gasteiger charge is 2.26. The maximum Gasteiger partial charge on any atom is 0.122 e. The minimum atomic E-state index is -0.837. The Morgan fingerprint density at radius 1 is 1.35 bits per heavy atom. The zero-order valence-electron chi connectivity index (χ0n) is 10.7. The zero-order chi connectivity index (χ0) is 12.5. The van der Waals surface area contributed by atoms with Gasteiger partial charge in [-0.1, -0.05) is 18.2 Å². The summed E-state index contributed by atoms with van der Waals surface area (Å²) in [5, 5.41) is 0. The van der Waals surface area contributed by atoms with Crippen LogP contribution in [-0.2, 0) is 17.2 Å². The van der Waals surface area contributed by atoms with Crippen molar-refractivity contribution in [3.05, 3.63) is 29.8 Å². The van der Waals surface area contributed by atoms with Crippen molar-refractivity contribution >= 4 is 10.8 Å². The van der Waals surface area contributed by atoms with Crippen molar-refractivity contribution in [1.29, 1.82) is 0 Å². The third-order valence-electron chi connectivity index (χ3n) is 3.02. The molecule has 94 valence electrons. The summed E-state index contributed by atoms with van der Waals surface area (Å²) in [5.41, 5.74) is 1.27. The van der Waals surface area contributed by atoms with Gasteiger partial charge in [0.1, 0.15) is 11.9 Å². The average molecular weight is 252 g/mol. The lowest BCUT2D eigenvalue weighted by Gasteiger charge is -2.28. The van der Waals surface area contributed by atoms with Gasteiger partial charge in [-0.2, -0.15) is 0 Å². The largest absolute Gasteiger partial charge is 0.489 e. The Bertz CT molecular complexity index is 420. The van der Waals surface area contributed by atoms with E-state index in [0.717, 1.165) is 18.6 Å². The zero-order valence-corrected chi connectivity index (χ0v) is 11.5. The van der Waals surface area contributed by atoms with Gasteiger partial charge >= 0.3 is 0 Å². The van der Waals surface area contributed by atoms with Gasteiger partial charge in [-0.3, -0.25) is 4.21 Å². The van der Waals surface area contributed by atoms with E-state index in [0.29, 0.717) is 5.75 Å². The lowest BCUT2D eigenvalue weighted by molar-refractivity contribution is 0.195. The number of ether oxygens (including phenoxy) is 1. The van der Waals surface area contributed by atoms with Gasteiger partial charge in [-0.15, -0.1) is 0 Å². The fourth-order valence-corrected chi connectivity index (χ4v) is 2.99. The molecule has 0 fully saturated rings. The van der Waals surface area contributed by atoms with E-state index in [9.17, 15) is 4.21 Å². The summed E-state index contributed by atoms with van der Waals surface area (Å²) in [6.45, 7) is 6.04. The highest BCUT2D eigenvalue weighted by molar-refractivity contribution is 7.86. The van der Waals surface area contributed by atoms with Crippen molar-refractivity contribution in [2.24, 2.45) is 0 Å². The van der Waals surface area contributed by atoms with Crippen LogP contribution in [0.15, 0.2) is 24.3 Å². The molecule has 0 aliphatic carbocycles. The van der Waals surface area contributed by atoms with Crippen molar-refractivity contribution in [3.63, 3.8) is 0 Å². The molecule has 1 heterocycles. The van der Waals surface area contributed by atoms with Crippen LogP contribution in [0.2, 0.25) is 0 Å². The van der Waals surface area contributed by atoms with Crippen molar-refractivity contribution in [1.82, 2.24) is 0 Å². The molecular weight excluding hydrogens is 232 g/mol. The normalized spacial score (nSPS) is 21.5. The Morgan fingerprint density at radius 3 is 2.76 bits per heavy atom. The summed E-state index contributed by atoms with van der Waals surface area (Å²) in [5.74, 6) is 1.60. The molecule has 17 heavy (non-hydrogen) atoms. The molecule has 2 rings (SSSR count). The van der Waals surface area contributed by atoms with Crippen LogP contribution in [-0.4, -0.2) is 20.8 Å². The topological polar surface area (TPSA) is 26.3 Å². The van der Waals surface area contributed by atoms with Gasteiger partial charge in [0.25, 0.3) is 0 Å². The summed E-state index contributed by atoms with van der Waals surface area (Å²) in [6.07, 6.45) is 2.10. The molecule has 1 aromatic carbocycles. The van der Waals surface area contributed by atoms with E-state index >= 15 is 0 Å². The molecule has 3 heteroatoms. The fraction of sp³-hybridized carbons (Fsp3) is 0.571. The molecular formula is C14H20O2S. The van der Waals surface area contributed by atoms with Crippen LogP contribution >= 0.6 is 0 Å². The summed E-state index contributed by atoms with van der Waals surface area (Å²) < 4.78 is 17.8. The lowest BCUT2D eigenvalue weighted by atomic mass is 10.0. The molecule has 0 spiro atoms. The maximum absolute atomic E-state index is 12.1. The van der Waals surface area contributed by atoms with E-state index < -0.39 is 10.8 Å². The fourth-order valence-electron chi connectivity index (χ4n) is 1.92. The number of rotatable bonds is 2. The van der Waals surface area contributed by atoms with Crippen molar-refractivity contribution in [3.8, 4) is 5.75 Å². The molecule has 0 saturated carbocycles. The summed E-state index contributed by atoms with van der Waals surface area (Å²) >= 11 is 0. The number of fused-ring (bicyclic) bond motifs is 1. The third-order valence-corrected chi connectivity index (χ3v) is 5.06. The van der Waals surface area contributed by atoms with Crippen LogP contribution in [0.3, 0.4) is 0 Å². The summed E-state index contributed by atoms with van der Waals surface area (Å²) in [7, 11) is -0.837. The Morgan fingerprint density at radius 2 is 2.06 bits per heavy atom. The van der Waals surface area contributed by atoms with Gasteiger partial charge in [0.15, 0.2) is 0 Å². The number of hydrogen-bond acceptors (Lipinski definition) is 2. The van der Waals surface area contributed by atoms with Gasteiger partial charge in [0.2, 0.25) is 0 Å². The monoisotopic (exact) mass is 252 g/mol. The first-order chi connectivity index (χ1) is 7.97. The van der Waals surface area contributed by atoms with Crippen LogP contribution in [0, 0.1) is 0 Å². The smallest absolute Gasteiger partial charge is 0.122 e. The first-order valence-electron chi connectivity index (χ1n) is 6.10. The molecule has 0 bridgehead atoms. The number of benzene rings is 1.